The van der Waals surface area contributed by atoms with E-state index in [1.54, 1.807) is 6.92 Å². The topological polar surface area (TPSA) is 74.7 Å². The van der Waals surface area contributed by atoms with Crippen LogP contribution in [-0.4, -0.2) is 33.8 Å². The Kier molecular flexibility index (Phi) is 3.92. The van der Waals surface area contributed by atoms with Crippen LogP contribution in [-0.2, 0) is 14.4 Å². The molecule has 1 saturated carbocycles. The van der Waals surface area contributed by atoms with Crippen LogP contribution in [0.1, 0.15) is 58.3 Å². The van der Waals surface area contributed by atoms with Crippen molar-refractivity contribution in [2.45, 2.75) is 64.3 Å². The lowest BCUT2D eigenvalue weighted by Gasteiger charge is -2.43. The highest BCUT2D eigenvalue weighted by Crippen LogP contribution is 2.40. The van der Waals surface area contributed by atoms with Crippen LogP contribution in [0.5, 0.6) is 0 Å². The minimum absolute atomic E-state index is 0.193. The van der Waals surface area contributed by atoms with Gasteiger partial charge in [-0.3, -0.25) is 19.3 Å². The van der Waals surface area contributed by atoms with Crippen molar-refractivity contribution in [3.8, 4) is 0 Å². The summed E-state index contributed by atoms with van der Waals surface area (Å²) in [6.07, 6.45) is 5.02. The molecule has 1 saturated heterocycles. The number of amides is 2. The first-order valence-electron chi connectivity index (χ1n) is 7.05. The van der Waals surface area contributed by atoms with Crippen LogP contribution in [0, 0.1) is 5.41 Å². The molecule has 5 nitrogen and oxygen atoms in total. The van der Waals surface area contributed by atoms with Gasteiger partial charge < -0.3 is 5.11 Å². The van der Waals surface area contributed by atoms with Gasteiger partial charge in [0.1, 0.15) is 0 Å². The van der Waals surface area contributed by atoms with E-state index in [-0.39, 0.29) is 11.8 Å². The van der Waals surface area contributed by atoms with E-state index in [9.17, 15) is 19.5 Å². The smallest absolute Gasteiger partial charge is 0.311 e. The Morgan fingerprint density at radius 3 is 2.26 bits per heavy atom. The molecule has 0 spiro atoms. The summed E-state index contributed by atoms with van der Waals surface area (Å²) in [5, 5.41) is 9.49. The zero-order valence-electron chi connectivity index (χ0n) is 11.4. The van der Waals surface area contributed by atoms with Gasteiger partial charge in [-0.25, -0.2) is 0 Å². The van der Waals surface area contributed by atoms with E-state index in [0.717, 1.165) is 25.7 Å². The molecule has 2 rings (SSSR count). The van der Waals surface area contributed by atoms with Gasteiger partial charge in [-0.05, 0) is 32.6 Å². The number of aliphatic carboxylic acids is 1. The molecule has 0 aromatic rings. The molecular weight excluding hydrogens is 246 g/mol. The van der Waals surface area contributed by atoms with Gasteiger partial charge in [-0.2, -0.15) is 0 Å². The predicted octanol–water partition coefficient (Wildman–Crippen LogP) is 1.95. The van der Waals surface area contributed by atoms with Crippen LogP contribution in [0.2, 0.25) is 0 Å². The summed E-state index contributed by atoms with van der Waals surface area (Å²) in [6.45, 7) is 1.67. The highest BCUT2D eigenvalue weighted by atomic mass is 16.4. The fourth-order valence-electron chi connectivity index (χ4n) is 3.26. The Morgan fingerprint density at radius 2 is 1.74 bits per heavy atom. The lowest BCUT2D eigenvalue weighted by molar-refractivity contribution is -0.162. The highest BCUT2D eigenvalue weighted by molar-refractivity contribution is 5.97. The third kappa shape index (κ3) is 2.51. The van der Waals surface area contributed by atoms with Gasteiger partial charge in [-0.15, -0.1) is 0 Å². The molecule has 19 heavy (non-hydrogen) atoms. The predicted molar refractivity (Wildman–Crippen MR) is 68.3 cm³/mol. The van der Waals surface area contributed by atoms with Crippen LogP contribution in [0.15, 0.2) is 0 Å². The van der Waals surface area contributed by atoms with Crippen molar-refractivity contribution >= 4 is 17.8 Å². The maximum Gasteiger partial charge on any atom is 0.311 e. The number of nitrogens with zero attached hydrogens (tertiary/aromatic N) is 1. The summed E-state index contributed by atoms with van der Waals surface area (Å²) in [4.78, 5) is 37.2. The van der Waals surface area contributed by atoms with Crippen LogP contribution in [0.25, 0.3) is 0 Å². The van der Waals surface area contributed by atoms with Gasteiger partial charge in [0.2, 0.25) is 11.8 Å². The molecule has 2 amide bonds. The molecule has 0 radical (unpaired) electrons. The normalized spacial score (nSPS) is 33.1. The minimum atomic E-state index is -0.992. The van der Waals surface area contributed by atoms with Crippen LogP contribution in [0.3, 0.4) is 0 Å². The molecule has 1 aliphatic carbocycles. The van der Waals surface area contributed by atoms with Crippen LogP contribution < -0.4 is 0 Å². The second kappa shape index (κ2) is 5.31. The quantitative estimate of drug-likeness (QED) is 0.776. The number of likely N-dealkylation sites (tertiary alicyclic amines) is 1. The first-order chi connectivity index (χ1) is 8.97. The molecule has 2 unspecified atom stereocenters. The zero-order chi connectivity index (χ0) is 14.0. The lowest BCUT2D eigenvalue weighted by atomic mass is 9.71. The van der Waals surface area contributed by atoms with Crippen molar-refractivity contribution in [1.29, 1.82) is 0 Å². The van der Waals surface area contributed by atoms with E-state index in [1.807, 2.05) is 0 Å². The molecule has 0 bridgehead atoms. The van der Waals surface area contributed by atoms with Crippen molar-refractivity contribution in [1.82, 2.24) is 4.90 Å². The summed E-state index contributed by atoms with van der Waals surface area (Å²) in [7, 11) is 0. The minimum Gasteiger partial charge on any atom is -0.481 e. The molecular formula is C14H21NO4. The third-order valence-corrected chi connectivity index (χ3v) is 4.53. The van der Waals surface area contributed by atoms with Crippen molar-refractivity contribution in [2.75, 3.05) is 0 Å². The summed E-state index contributed by atoms with van der Waals surface area (Å²) < 4.78 is 0. The molecule has 0 aromatic carbocycles. The molecule has 1 N–H and O–H groups in total. The summed E-state index contributed by atoms with van der Waals surface area (Å²) in [5.41, 5.74) is -0.992. The number of rotatable bonds is 2. The lowest BCUT2D eigenvalue weighted by Crippen LogP contribution is -2.56. The van der Waals surface area contributed by atoms with Crippen molar-refractivity contribution < 1.29 is 19.5 Å². The fourth-order valence-corrected chi connectivity index (χ4v) is 3.26. The number of hydrogen-bond donors (Lipinski definition) is 1. The van der Waals surface area contributed by atoms with Crippen LogP contribution >= 0.6 is 0 Å². The number of carbonyl (C=O) groups is 3. The molecule has 2 fully saturated rings. The largest absolute Gasteiger partial charge is 0.481 e. The van der Waals surface area contributed by atoms with Crippen LogP contribution in [0.4, 0.5) is 0 Å². The van der Waals surface area contributed by atoms with E-state index >= 15 is 0 Å². The first-order valence-corrected chi connectivity index (χ1v) is 7.05. The molecule has 106 valence electrons. The van der Waals surface area contributed by atoms with E-state index in [0.29, 0.717) is 25.7 Å². The Bertz CT molecular complexity index is 388. The number of hydrogen-bond acceptors (Lipinski definition) is 3. The molecule has 0 aromatic heterocycles. The monoisotopic (exact) mass is 267 g/mol. The molecule has 2 aliphatic rings. The van der Waals surface area contributed by atoms with E-state index in [4.69, 9.17) is 0 Å². The van der Waals surface area contributed by atoms with Crippen molar-refractivity contribution in [2.24, 2.45) is 5.41 Å². The molecule has 5 heteroatoms. The van der Waals surface area contributed by atoms with Gasteiger partial charge >= 0.3 is 5.97 Å². The second-order valence-corrected chi connectivity index (χ2v) is 5.85. The van der Waals surface area contributed by atoms with E-state index in [1.165, 1.54) is 4.90 Å². The van der Waals surface area contributed by atoms with E-state index in [2.05, 4.69) is 0 Å². The van der Waals surface area contributed by atoms with E-state index < -0.39 is 17.4 Å². The Morgan fingerprint density at radius 1 is 1.16 bits per heavy atom. The Labute approximate surface area is 113 Å². The summed E-state index contributed by atoms with van der Waals surface area (Å²) in [6, 6.07) is -0.475. The Balaban J connectivity index is 2.32. The SMILES string of the molecule is CC1(C(=O)O)CCCCC1N1C(=O)CCCCC1=O. The Hall–Kier alpha value is -1.39. The van der Waals surface area contributed by atoms with Gasteiger partial charge in [0.05, 0.1) is 11.5 Å². The molecule has 2 atom stereocenters. The number of imide groups is 1. The number of carboxylic acid groups (broad SMARTS) is 1. The van der Waals surface area contributed by atoms with Crippen molar-refractivity contribution in [3.05, 3.63) is 0 Å². The average Bonchev–Trinajstić information content (AvgIpc) is 2.52. The fraction of sp³-hybridized carbons (Fsp3) is 0.786. The molecule has 1 aliphatic heterocycles. The second-order valence-electron chi connectivity index (χ2n) is 5.85. The average molecular weight is 267 g/mol. The van der Waals surface area contributed by atoms with Gasteiger partial charge in [0, 0.05) is 12.8 Å². The first kappa shape index (κ1) is 14.0. The zero-order valence-corrected chi connectivity index (χ0v) is 11.4. The number of carboxylic acids is 1. The van der Waals surface area contributed by atoms with Crippen molar-refractivity contribution in [3.63, 3.8) is 0 Å². The highest BCUT2D eigenvalue weighted by Gasteiger charge is 2.49. The third-order valence-electron chi connectivity index (χ3n) is 4.53. The standard InChI is InChI=1S/C14H21NO4/c1-14(13(18)19)9-5-4-6-10(14)15-11(16)7-2-3-8-12(15)17/h10H,2-9H2,1H3,(H,18,19). The summed E-state index contributed by atoms with van der Waals surface area (Å²) in [5.74, 6) is -1.29. The molecule has 1 heterocycles. The summed E-state index contributed by atoms with van der Waals surface area (Å²) >= 11 is 0. The maximum absolute atomic E-state index is 12.1. The van der Waals surface area contributed by atoms with Gasteiger partial charge in [0.15, 0.2) is 0 Å². The van der Waals surface area contributed by atoms with Gasteiger partial charge in [0.25, 0.3) is 0 Å². The number of carbonyl (C=O) groups excluding carboxylic acids is 2. The van der Waals surface area contributed by atoms with Gasteiger partial charge in [-0.1, -0.05) is 12.8 Å². The maximum atomic E-state index is 12.1.